The van der Waals surface area contributed by atoms with Gasteiger partial charge >= 0.3 is 0 Å². The number of hydrogen-bond donors (Lipinski definition) is 1. The van der Waals surface area contributed by atoms with Gasteiger partial charge in [-0.2, -0.15) is 10.2 Å². The molecule has 32 heavy (non-hydrogen) atoms. The van der Waals surface area contributed by atoms with E-state index in [1.807, 2.05) is 6.07 Å². The summed E-state index contributed by atoms with van der Waals surface area (Å²) in [6, 6.07) is 7.15. The number of amides is 2. The van der Waals surface area contributed by atoms with Gasteiger partial charge in [-0.25, -0.2) is 4.98 Å². The number of likely N-dealkylation sites (tertiary alicyclic amines) is 1. The van der Waals surface area contributed by atoms with Crippen LogP contribution in [0.15, 0.2) is 35.2 Å². The van der Waals surface area contributed by atoms with Crippen molar-refractivity contribution in [3.63, 3.8) is 0 Å². The van der Waals surface area contributed by atoms with Crippen LogP contribution in [0.25, 0.3) is 11.4 Å². The summed E-state index contributed by atoms with van der Waals surface area (Å²) in [4.78, 5) is 38.5. The van der Waals surface area contributed by atoms with Crippen LogP contribution in [0.3, 0.4) is 0 Å². The second kappa shape index (κ2) is 8.39. The third-order valence-corrected chi connectivity index (χ3v) is 6.68. The largest absolute Gasteiger partial charge is 0.342 e. The number of carbonyl (C=O) groups excluding carboxylic acids is 2. The Kier molecular flexibility index (Phi) is 5.28. The van der Waals surface area contributed by atoms with Crippen molar-refractivity contribution in [3.05, 3.63) is 46.8 Å². The first-order valence-corrected chi connectivity index (χ1v) is 11.0. The number of rotatable bonds is 4. The van der Waals surface area contributed by atoms with Gasteiger partial charge in [0.05, 0.1) is 18.2 Å². The average molecular weight is 449 g/mol. The zero-order valence-electron chi connectivity index (χ0n) is 17.0. The summed E-state index contributed by atoms with van der Waals surface area (Å²) in [5, 5.41) is 16.2. The molecule has 1 saturated heterocycles. The summed E-state index contributed by atoms with van der Waals surface area (Å²) in [5.74, 6) is 0.0336. The molecule has 1 aromatic carbocycles. The van der Waals surface area contributed by atoms with Gasteiger partial charge in [0.2, 0.25) is 18.1 Å². The highest BCUT2D eigenvalue weighted by molar-refractivity contribution is 7.15. The summed E-state index contributed by atoms with van der Waals surface area (Å²) >= 11 is 1.40. The number of nitriles is 1. The smallest absolute Gasteiger partial charge is 0.254 e. The molecule has 0 saturated carbocycles. The van der Waals surface area contributed by atoms with Gasteiger partial charge in [-0.3, -0.25) is 9.59 Å². The minimum absolute atomic E-state index is 0.0810. The van der Waals surface area contributed by atoms with Gasteiger partial charge in [0.1, 0.15) is 0 Å². The van der Waals surface area contributed by atoms with Gasteiger partial charge in [-0.1, -0.05) is 28.6 Å². The van der Waals surface area contributed by atoms with Crippen molar-refractivity contribution < 1.29 is 14.1 Å². The van der Waals surface area contributed by atoms with Crippen molar-refractivity contribution in [2.45, 2.75) is 19.4 Å². The maximum Gasteiger partial charge on any atom is 0.254 e. The highest BCUT2D eigenvalue weighted by Gasteiger charge is 2.30. The van der Waals surface area contributed by atoms with Crippen LogP contribution in [0.1, 0.15) is 27.3 Å². The summed E-state index contributed by atoms with van der Waals surface area (Å²) < 4.78 is 4.79. The van der Waals surface area contributed by atoms with Crippen molar-refractivity contribution in [2.24, 2.45) is 5.92 Å². The Balaban J connectivity index is 1.26. The van der Waals surface area contributed by atoms with E-state index in [2.05, 4.69) is 26.6 Å². The zero-order chi connectivity index (χ0) is 22.1. The van der Waals surface area contributed by atoms with Crippen LogP contribution in [-0.2, 0) is 17.8 Å². The van der Waals surface area contributed by atoms with Crippen LogP contribution in [0.2, 0.25) is 0 Å². The van der Waals surface area contributed by atoms with Gasteiger partial charge < -0.3 is 19.6 Å². The lowest BCUT2D eigenvalue weighted by atomic mass is 10.1. The number of benzene rings is 1. The number of hydrogen-bond acceptors (Lipinski definition) is 9. The Labute approximate surface area is 187 Å². The van der Waals surface area contributed by atoms with Gasteiger partial charge in [0.15, 0.2) is 11.3 Å². The SMILES string of the molecule is N#CN1CC[C@@H](C(=O)Nc2nc3c(s2)CN(C(=O)c2cccc(-c4ncon4)c2)CC3)C1. The summed E-state index contributed by atoms with van der Waals surface area (Å²) in [6.07, 6.45) is 4.63. The Morgan fingerprint density at radius 2 is 2.22 bits per heavy atom. The number of carbonyl (C=O) groups is 2. The molecule has 2 aromatic heterocycles. The van der Waals surface area contributed by atoms with Crippen molar-refractivity contribution in [3.8, 4) is 17.6 Å². The molecule has 2 aliphatic heterocycles. The first-order chi connectivity index (χ1) is 15.6. The van der Waals surface area contributed by atoms with Gasteiger partial charge in [-0.15, -0.1) is 0 Å². The molecule has 11 heteroatoms. The van der Waals surface area contributed by atoms with Gasteiger partial charge in [-0.05, 0) is 18.6 Å². The van der Waals surface area contributed by atoms with E-state index in [1.54, 1.807) is 28.0 Å². The molecule has 2 aliphatic rings. The molecular weight excluding hydrogens is 430 g/mol. The van der Waals surface area contributed by atoms with Gasteiger partial charge in [0.25, 0.3) is 5.91 Å². The Bertz CT molecular complexity index is 1200. The molecule has 0 radical (unpaired) electrons. The van der Waals surface area contributed by atoms with E-state index in [0.29, 0.717) is 61.1 Å². The zero-order valence-corrected chi connectivity index (χ0v) is 17.8. The highest BCUT2D eigenvalue weighted by Crippen LogP contribution is 2.30. The second-order valence-electron chi connectivity index (χ2n) is 7.72. The molecule has 5 rings (SSSR count). The Morgan fingerprint density at radius 3 is 3.00 bits per heavy atom. The third kappa shape index (κ3) is 3.92. The molecule has 1 N–H and O–H groups in total. The number of fused-ring (bicyclic) bond motifs is 1. The monoisotopic (exact) mass is 449 g/mol. The maximum atomic E-state index is 13.1. The average Bonchev–Trinajstić information content (AvgIpc) is 3.58. The maximum absolute atomic E-state index is 13.1. The number of nitrogens with one attached hydrogen (secondary N) is 1. The second-order valence-corrected chi connectivity index (χ2v) is 8.81. The fourth-order valence-corrected chi connectivity index (χ4v) is 4.99. The predicted molar refractivity (Wildman–Crippen MR) is 114 cm³/mol. The standard InChI is InChI=1S/C21H19N7O3S/c22-11-27-6-4-15(9-27)19(29)25-21-24-16-5-7-28(10-17(16)32-21)20(30)14-3-1-2-13(8-14)18-23-12-31-26-18/h1-3,8,12,15H,4-7,9-10H2,(H,24,25,29)/t15-/m1/s1. The Hall–Kier alpha value is -3.78. The fraction of sp³-hybridized carbons (Fsp3) is 0.333. The normalized spacial score (nSPS) is 17.7. The molecule has 10 nitrogen and oxygen atoms in total. The van der Waals surface area contributed by atoms with Crippen LogP contribution >= 0.6 is 11.3 Å². The first kappa shape index (κ1) is 20.1. The molecule has 4 heterocycles. The number of aromatic nitrogens is 3. The van der Waals surface area contributed by atoms with E-state index in [4.69, 9.17) is 9.78 Å². The van der Waals surface area contributed by atoms with E-state index < -0.39 is 0 Å². The van der Waals surface area contributed by atoms with Crippen LogP contribution in [0.4, 0.5) is 5.13 Å². The van der Waals surface area contributed by atoms with Crippen LogP contribution < -0.4 is 5.32 Å². The molecule has 2 amide bonds. The lowest BCUT2D eigenvalue weighted by molar-refractivity contribution is -0.119. The highest BCUT2D eigenvalue weighted by atomic mass is 32.1. The number of anilines is 1. The fourth-order valence-electron chi connectivity index (χ4n) is 3.97. The van der Waals surface area contributed by atoms with E-state index in [1.165, 1.54) is 17.7 Å². The lowest BCUT2D eigenvalue weighted by Gasteiger charge is -2.26. The molecule has 1 atom stereocenters. The van der Waals surface area contributed by atoms with Crippen molar-refractivity contribution in [1.29, 1.82) is 5.26 Å². The van der Waals surface area contributed by atoms with E-state index in [0.717, 1.165) is 10.6 Å². The minimum atomic E-state index is -0.208. The summed E-state index contributed by atoms with van der Waals surface area (Å²) in [5.41, 5.74) is 2.18. The summed E-state index contributed by atoms with van der Waals surface area (Å²) in [6.45, 7) is 2.04. The molecule has 162 valence electrons. The van der Waals surface area contributed by atoms with E-state index in [9.17, 15) is 9.59 Å². The minimum Gasteiger partial charge on any atom is -0.342 e. The van der Waals surface area contributed by atoms with E-state index >= 15 is 0 Å². The van der Waals surface area contributed by atoms with Crippen LogP contribution in [-0.4, -0.2) is 56.4 Å². The Morgan fingerprint density at radius 1 is 1.31 bits per heavy atom. The van der Waals surface area contributed by atoms with E-state index in [-0.39, 0.29) is 17.7 Å². The number of thiazole rings is 1. The van der Waals surface area contributed by atoms with Gasteiger partial charge in [0, 0.05) is 42.1 Å². The number of nitrogens with zero attached hydrogens (tertiary/aromatic N) is 6. The lowest BCUT2D eigenvalue weighted by Crippen LogP contribution is -2.35. The van der Waals surface area contributed by atoms with Crippen molar-refractivity contribution in [2.75, 3.05) is 25.0 Å². The molecule has 1 fully saturated rings. The van der Waals surface area contributed by atoms with Crippen molar-refractivity contribution in [1.82, 2.24) is 24.9 Å². The molecule has 0 spiro atoms. The van der Waals surface area contributed by atoms with Crippen molar-refractivity contribution >= 4 is 28.3 Å². The third-order valence-electron chi connectivity index (χ3n) is 5.68. The predicted octanol–water partition coefficient (Wildman–Crippen LogP) is 2.13. The molecule has 0 unspecified atom stereocenters. The van der Waals surface area contributed by atoms with Crippen LogP contribution in [0, 0.1) is 17.4 Å². The first-order valence-electron chi connectivity index (χ1n) is 10.2. The topological polar surface area (TPSA) is 128 Å². The van der Waals surface area contributed by atoms with Crippen LogP contribution in [0.5, 0.6) is 0 Å². The molecule has 3 aromatic rings. The molecular formula is C21H19N7O3S. The summed E-state index contributed by atoms with van der Waals surface area (Å²) in [7, 11) is 0. The molecule has 0 bridgehead atoms. The molecule has 0 aliphatic carbocycles. The quantitative estimate of drug-likeness (QED) is 0.600.